The molecule has 2 aromatic carbocycles. The molecule has 0 saturated heterocycles. The number of pyridine rings is 1. The minimum Gasteiger partial charge on any atom is -0.268 e. The molecule has 2 amide bonds. The van der Waals surface area contributed by atoms with Crippen molar-refractivity contribution in [1.82, 2.24) is 4.98 Å². The van der Waals surface area contributed by atoms with Crippen molar-refractivity contribution in [1.29, 1.82) is 0 Å². The number of hydrogen-bond donors (Lipinski definition) is 0. The molecule has 0 N–H and O–H groups in total. The number of amides is 2. The van der Waals surface area contributed by atoms with Crippen LogP contribution in [0, 0.1) is 0 Å². The summed E-state index contributed by atoms with van der Waals surface area (Å²) in [7, 11) is 0. The van der Waals surface area contributed by atoms with E-state index >= 15 is 0 Å². The second-order valence-corrected chi connectivity index (χ2v) is 5.63. The van der Waals surface area contributed by atoms with Crippen LogP contribution in [0.25, 0.3) is 11.1 Å². The number of aromatic nitrogens is 1. The molecule has 4 heteroatoms. The normalized spacial score (nSPS) is 14.3. The van der Waals surface area contributed by atoms with Crippen LogP contribution >= 0.6 is 0 Å². The average molecular weight is 326 g/mol. The maximum atomic E-state index is 13.1. The summed E-state index contributed by atoms with van der Waals surface area (Å²) in [6.45, 7) is 0. The maximum Gasteiger partial charge on any atom is 0.266 e. The van der Waals surface area contributed by atoms with Crippen LogP contribution in [0.4, 0.5) is 5.69 Å². The van der Waals surface area contributed by atoms with Crippen LogP contribution in [-0.2, 0) is 9.59 Å². The van der Waals surface area contributed by atoms with Gasteiger partial charge in [0.05, 0.1) is 16.8 Å². The minimum absolute atomic E-state index is 0.318. The Bertz CT molecular complexity index is 903. The number of rotatable bonds is 3. The Kier molecular flexibility index (Phi) is 3.71. The Morgan fingerprint density at radius 2 is 1.04 bits per heavy atom. The maximum absolute atomic E-state index is 13.1. The lowest BCUT2D eigenvalue weighted by Crippen LogP contribution is -2.31. The first-order valence-corrected chi connectivity index (χ1v) is 7.91. The molecule has 0 saturated carbocycles. The first kappa shape index (κ1) is 15.0. The SMILES string of the molecule is O=C1C(c2ccccc2)=C(c2ccccc2)C(=O)N1c1ccncc1. The molecular formula is C21H14N2O2. The van der Waals surface area contributed by atoms with E-state index in [1.807, 2.05) is 60.7 Å². The largest absolute Gasteiger partial charge is 0.268 e. The Morgan fingerprint density at radius 3 is 1.48 bits per heavy atom. The number of benzene rings is 2. The van der Waals surface area contributed by atoms with Crippen LogP contribution in [0.2, 0.25) is 0 Å². The Morgan fingerprint density at radius 1 is 0.600 bits per heavy atom. The van der Waals surface area contributed by atoms with Gasteiger partial charge in [-0.05, 0) is 23.3 Å². The van der Waals surface area contributed by atoms with Crippen LogP contribution in [0.15, 0.2) is 85.2 Å². The molecular weight excluding hydrogens is 312 g/mol. The van der Waals surface area contributed by atoms with Crippen molar-refractivity contribution in [3.8, 4) is 0 Å². The average Bonchev–Trinajstić information content (AvgIpc) is 2.94. The van der Waals surface area contributed by atoms with Crippen LogP contribution in [0.5, 0.6) is 0 Å². The van der Waals surface area contributed by atoms with Gasteiger partial charge in [-0.3, -0.25) is 14.6 Å². The van der Waals surface area contributed by atoms with Crippen LogP contribution < -0.4 is 4.90 Å². The smallest absolute Gasteiger partial charge is 0.266 e. The van der Waals surface area contributed by atoms with Crippen molar-refractivity contribution in [3.05, 3.63) is 96.3 Å². The predicted molar refractivity (Wildman–Crippen MR) is 96.4 cm³/mol. The lowest BCUT2D eigenvalue weighted by molar-refractivity contribution is -0.119. The third-order valence-corrected chi connectivity index (χ3v) is 4.13. The van der Waals surface area contributed by atoms with Gasteiger partial charge in [-0.15, -0.1) is 0 Å². The van der Waals surface area contributed by atoms with Crippen molar-refractivity contribution in [2.75, 3.05) is 4.90 Å². The number of hydrogen-bond acceptors (Lipinski definition) is 3. The highest BCUT2D eigenvalue weighted by molar-refractivity contribution is 6.56. The first-order valence-electron chi connectivity index (χ1n) is 7.91. The fraction of sp³-hybridized carbons (Fsp3) is 0. The lowest BCUT2D eigenvalue weighted by Gasteiger charge is -2.14. The number of anilines is 1. The lowest BCUT2D eigenvalue weighted by atomic mass is 9.96. The van der Waals surface area contributed by atoms with Gasteiger partial charge in [-0.1, -0.05) is 60.7 Å². The molecule has 120 valence electrons. The summed E-state index contributed by atoms with van der Waals surface area (Å²) in [5, 5.41) is 0. The van der Waals surface area contributed by atoms with Gasteiger partial charge in [0, 0.05) is 12.4 Å². The monoisotopic (exact) mass is 326 g/mol. The van der Waals surface area contributed by atoms with Crippen LogP contribution in [-0.4, -0.2) is 16.8 Å². The summed E-state index contributed by atoms with van der Waals surface area (Å²) < 4.78 is 0. The van der Waals surface area contributed by atoms with Gasteiger partial charge in [-0.2, -0.15) is 0 Å². The number of carbonyl (C=O) groups is 2. The van der Waals surface area contributed by atoms with Gasteiger partial charge in [0.25, 0.3) is 11.8 Å². The Hall–Kier alpha value is -3.53. The van der Waals surface area contributed by atoms with Crippen molar-refractivity contribution in [3.63, 3.8) is 0 Å². The van der Waals surface area contributed by atoms with E-state index in [2.05, 4.69) is 4.98 Å². The molecule has 4 nitrogen and oxygen atoms in total. The van der Waals surface area contributed by atoms with E-state index in [1.165, 1.54) is 4.90 Å². The van der Waals surface area contributed by atoms with E-state index in [1.54, 1.807) is 24.5 Å². The molecule has 3 aromatic rings. The zero-order valence-electron chi connectivity index (χ0n) is 13.3. The van der Waals surface area contributed by atoms with E-state index in [0.717, 1.165) is 11.1 Å². The molecule has 0 fully saturated rings. The highest BCUT2D eigenvalue weighted by atomic mass is 16.2. The van der Waals surface area contributed by atoms with Gasteiger partial charge in [0.1, 0.15) is 0 Å². The van der Waals surface area contributed by atoms with E-state index in [0.29, 0.717) is 16.8 Å². The van der Waals surface area contributed by atoms with Crippen molar-refractivity contribution < 1.29 is 9.59 Å². The summed E-state index contributed by atoms with van der Waals surface area (Å²) in [4.78, 5) is 31.4. The summed E-state index contributed by atoms with van der Waals surface area (Å²) in [6.07, 6.45) is 3.14. The van der Waals surface area contributed by atoms with Gasteiger partial charge < -0.3 is 0 Å². The highest BCUT2D eigenvalue weighted by Gasteiger charge is 2.40. The van der Waals surface area contributed by atoms with Crippen molar-refractivity contribution in [2.24, 2.45) is 0 Å². The fourth-order valence-electron chi connectivity index (χ4n) is 3.00. The quantitative estimate of drug-likeness (QED) is 0.692. The summed E-state index contributed by atoms with van der Waals surface area (Å²) in [5.41, 5.74) is 2.83. The molecule has 4 rings (SSSR count). The zero-order valence-corrected chi connectivity index (χ0v) is 13.3. The molecule has 0 atom stereocenters. The fourth-order valence-corrected chi connectivity index (χ4v) is 3.00. The second kappa shape index (κ2) is 6.17. The first-order chi connectivity index (χ1) is 12.3. The minimum atomic E-state index is -0.318. The molecule has 0 unspecified atom stereocenters. The molecule has 0 radical (unpaired) electrons. The van der Waals surface area contributed by atoms with E-state index in [4.69, 9.17) is 0 Å². The number of imide groups is 1. The predicted octanol–water partition coefficient (Wildman–Crippen LogP) is 3.57. The van der Waals surface area contributed by atoms with Gasteiger partial charge in [-0.25, -0.2) is 4.90 Å². The number of nitrogens with zero attached hydrogens (tertiary/aromatic N) is 2. The standard InChI is InChI=1S/C21H14N2O2/c24-20-18(15-7-3-1-4-8-15)19(16-9-5-2-6-10-16)21(25)23(20)17-11-13-22-14-12-17/h1-14H. The van der Waals surface area contributed by atoms with Gasteiger partial charge >= 0.3 is 0 Å². The van der Waals surface area contributed by atoms with E-state index in [9.17, 15) is 9.59 Å². The topological polar surface area (TPSA) is 50.3 Å². The molecule has 0 spiro atoms. The van der Waals surface area contributed by atoms with Crippen molar-refractivity contribution in [2.45, 2.75) is 0 Å². The van der Waals surface area contributed by atoms with Gasteiger partial charge in [0.2, 0.25) is 0 Å². The van der Waals surface area contributed by atoms with Gasteiger partial charge in [0.15, 0.2) is 0 Å². The molecule has 1 aromatic heterocycles. The van der Waals surface area contributed by atoms with Crippen LogP contribution in [0.3, 0.4) is 0 Å². The van der Waals surface area contributed by atoms with Crippen LogP contribution in [0.1, 0.15) is 11.1 Å². The Balaban J connectivity index is 1.93. The second-order valence-electron chi connectivity index (χ2n) is 5.63. The molecule has 1 aliphatic heterocycles. The molecule has 2 heterocycles. The molecule has 0 bridgehead atoms. The third kappa shape index (κ3) is 2.54. The molecule has 1 aliphatic rings. The number of carbonyl (C=O) groups excluding carboxylic acids is 2. The zero-order chi connectivity index (χ0) is 17.2. The molecule has 25 heavy (non-hydrogen) atoms. The highest BCUT2D eigenvalue weighted by Crippen LogP contribution is 2.37. The summed E-state index contributed by atoms with van der Waals surface area (Å²) in [6, 6.07) is 21.9. The van der Waals surface area contributed by atoms with Crippen molar-refractivity contribution >= 4 is 28.6 Å². The van der Waals surface area contributed by atoms with E-state index in [-0.39, 0.29) is 11.8 Å². The Labute approximate surface area is 145 Å². The summed E-state index contributed by atoms with van der Waals surface area (Å²) in [5.74, 6) is -0.637. The third-order valence-electron chi connectivity index (χ3n) is 4.13. The summed E-state index contributed by atoms with van der Waals surface area (Å²) >= 11 is 0. The molecule has 0 aliphatic carbocycles. The van der Waals surface area contributed by atoms with E-state index < -0.39 is 0 Å².